The molecule has 0 aromatic rings. The average molecular weight is 241 g/mol. The van der Waals surface area contributed by atoms with E-state index in [2.05, 4.69) is 19.2 Å². The van der Waals surface area contributed by atoms with Crippen molar-refractivity contribution in [2.75, 3.05) is 26.4 Å². The van der Waals surface area contributed by atoms with E-state index in [4.69, 9.17) is 9.47 Å². The van der Waals surface area contributed by atoms with Crippen LogP contribution < -0.4 is 5.32 Å². The van der Waals surface area contributed by atoms with Crippen molar-refractivity contribution in [3.63, 3.8) is 0 Å². The molecule has 3 atom stereocenters. The molecule has 3 unspecified atom stereocenters. The van der Waals surface area contributed by atoms with Gasteiger partial charge in [0.1, 0.15) is 0 Å². The molecule has 3 nitrogen and oxygen atoms in total. The van der Waals surface area contributed by atoms with E-state index in [-0.39, 0.29) is 0 Å². The molecule has 2 aliphatic heterocycles. The maximum absolute atomic E-state index is 5.80. The molecule has 1 N–H and O–H groups in total. The molecular formula is C14H27NO2. The molecule has 2 saturated heterocycles. The lowest BCUT2D eigenvalue weighted by Gasteiger charge is -2.33. The summed E-state index contributed by atoms with van der Waals surface area (Å²) < 4.78 is 11.3. The Hall–Kier alpha value is -0.120. The van der Waals surface area contributed by atoms with Gasteiger partial charge in [-0.05, 0) is 37.5 Å². The summed E-state index contributed by atoms with van der Waals surface area (Å²) in [5.41, 5.74) is 0. The van der Waals surface area contributed by atoms with Crippen molar-refractivity contribution in [1.29, 1.82) is 0 Å². The van der Waals surface area contributed by atoms with E-state index in [0.29, 0.717) is 18.1 Å². The lowest BCUT2D eigenvalue weighted by atomic mass is 9.94. The second-order valence-corrected chi connectivity index (χ2v) is 5.87. The lowest BCUT2D eigenvalue weighted by molar-refractivity contribution is -0.0261. The van der Waals surface area contributed by atoms with Crippen LogP contribution in [0.3, 0.4) is 0 Å². The zero-order valence-electron chi connectivity index (χ0n) is 11.3. The van der Waals surface area contributed by atoms with Gasteiger partial charge in [-0.25, -0.2) is 0 Å². The molecule has 2 heterocycles. The van der Waals surface area contributed by atoms with E-state index in [9.17, 15) is 0 Å². The topological polar surface area (TPSA) is 30.5 Å². The van der Waals surface area contributed by atoms with Gasteiger partial charge in [0.25, 0.3) is 0 Å². The first-order valence-electron chi connectivity index (χ1n) is 7.18. The Kier molecular flexibility index (Phi) is 5.26. The van der Waals surface area contributed by atoms with Crippen LogP contribution in [0.4, 0.5) is 0 Å². The summed E-state index contributed by atoms with van der Waals surface area (Å²) in [6.07, 6.45) is 5.34. The van der Waals surface area contributed by atoms with Gasteiger partial charge in [-0.15, -0.1) is 0 Å². The van der Waals surface area contributed by atoms with Gasteiger partial charge < -0.3 is 14.8 Å². The van der Waals surface area contributed by atoms with Crippen molar-refractivity contribution in [3.8, 4) is 0 Å². The number of nitrogens with one attached hydrogen (secondary N) is 1. The van der Waals surface area contributed by atoms with Crippen molar-refractivity contribution in [2.45, 2.75) is 51.7 Å². The van der Waals surface area contributed by atoms with Gasteiger partial charge >= 0.3 is 0 Å². The molecule has 2 fully saturated rings. The van der Waals surface area contributed by atoms with Crippen LogP contribution in [-0.2, 0) is 9.47 Å². The molecule has 0 aliphatic carbocycles. The average Bonchev–Trinajstić information content (AvgIpc) is 2.38. The summed E-state index contributed by atoms with van der Waals surface area (Å²) in [6.45, 7) is 8.45. The SMILES string of the molecule is CC(C)C1CC(NCC2CCCOC2)CCO1. The zero-order chi connectivity index (χ0) is 12.1. The Labute approximate surface area is 105 Å². The highest BCUT2D eigenvalue weighted by molar-refractivity contribution is 4.80. The fraction of sp³-hybridized carbons (Fsp3) is 1.00. The summed E-state index contributed by atoms with van der Waals surface area (Å²) in [7, 11) is 0. The molecule has 17 heavy (non-hydrogen) atoms. The van der Waals surface area contributed by atoms with Crippen molar-refractivity contribution in [2.24, 2.45) is 11.8 Å². The predicted octanol–water partition coefficient (Wildman–Crippen LogP) is 2.21. The van der Waals surface area contributed by atoms with Crippen LogP contribution in [0, 0.1) is 11.8 Å². The quantitative estimate of drug-likeness (QED) is 0.818. The summed E-state index contributed by atoms with van der Waals surface area (Å²) in [5, 5.41) is 3.72. The van der Waals surface area contributed by atoms with Crippen molar-refractivity contribution in [3.05, 3.63) is 0 Å². The van der Waals surface area contributed by atoms with Gasteiger partial charge in [-0.3, -0.25) is 0 Å². The largest absolute Gasteiger partial charge is 0.381 e. The maximum Gasteiger partial charge on any atom is 0.0612 e. The Bertz CT molecular complexity index is 214. The highest BCUT2D eigenvalue weighted by Crippen LogP contribution is 2.21. The lowest BCUT2D eigenvalue weighted by Crippen LogP contribution is -2.43. The summed E-state index contributed by atoms with van der Waals surface area (Å²) in [5.74, 6) is 1.36. The molecule has 2 rings (SSSR count). The van der Waals surface area contributed by atoms with Crippen LogP contribution >= 0.6 is 0 Å². The first-order valence-corrected chi connectivity index (χ1v) is 7.18. The van der Waals surface area contributed by atoms with Gasteiger partial charge in [0.2, 0.25) is 0 Å². The molecule has 0 aromatic heterocycles. The third-order valence-electron chi connectivity index (χ3n) is 4.01. The van der Waals surface area contributed by atoms with Gasteiger partial charge in [0.05, 0.1) is 12.7 Å². The molecule has 100 valence electrons. The standard InChI is InChI=1S/C14H27NO2/c1-11(2)14-8-13(5-7-17-14)15-9-12-4-3-6-16-10-12/h11-15H,3-10H2,1-2H3. The minimum absolute atomic E-state index is 0.448. The van der Waals surface area contributed by atoms with E-state index in [1.165, 1.54) is 19.3 Å². The summed E-state index contributed by atoms with van der Waals surface area (Å²) >= 11 is 0. The van der Waals surface area contributed by atoms with E-state index >= 15 is 0 Å². The minimum Gasteiger partial charge on any atom is -0.381 e. The first kappa shape index (κ1) is 13.3. The maximum atomic E-state index is 5.80. The molecule has 0 aromatic carbocycles. The monoisotopic (exact) mass is 241 g/mol. The molecule has 0 bridgehead atoms. The normalized spacial score (nSPS) is 35.1. The molecule has 0 amide bonds. The molecule has 0 spiro atoms. The van der Waals surface area contributed by atoms with Gasteiger partial charge in [0.15, 0.2) is 0 Å². The minimum atomic E-state index is 0.448. The Balaban J connectivity index is 1.67. The second kappa shape index (κ2) is 6.72. The Morgan fingerprint density at radius 3 is 2.82 bits per heavy atom. The van der Waals surface area contributed by atoms with Crippen LogP contribution in [0.1, 0.15) is 39.5 Å². The summed E-state index contributed by atoms with van der Waals surface area (Å²) in [6, 6.07) is 0.651. The van der Waals surface area contributed by atoms with Crippen molar-refractivity contribution < 1.29 is 9.47 Å². The molecule has 2 aliphatic rings. The van der Waals surface area contributed by atoms with Crippen LogP contribution in [0.15, 0.2) is 0 Å². The highest BCUT2D eigenvalue weighted by atomic mass is 16.5. The third-order valence-corrected chi connectivity index (χ3v) is 4.01. The van der Waals surface area contributed by atoms with Crippen LogP contribution in [0.5, 0.6) is 0 Å². The van der Waals surface area contributed by atoms with Crippen LogP contribution in [0.25, 0.3) is 0 Å². The van der Waals surface area contributed by atoms with Crippen molar-refractivity contribution >= 4 is 0 Å². The van der Waals surface area contributed by atoms with E-state index < -0.39 is 0 Å². The highest BCUT2D eigenvalue weighted by Gasteiger charge is 2.25. The number of rotatable bonds is 4. The number of ether oxygens (including phenoxy) is 2. The van der Waals surface area contributed by atoms with E-state index in [0.717, 1.165) is 38.7 Å². The summed E-state index contributed by atoms with van der Waals surface area (Å²) in [4.78, 5) is 0. The Morgan fingerprint density at radius 1 is 1.24 bits per heavy atom. The first-order chi connectivity index (χ1) is 8.25. The van der Waals surface area contributed by atoms with Gasteiger partial charge in [-0.1, -0.05) is 13.8 Å². The van der Waals surface area contributed by atoms with E-state index in [1.54, 1.807) is 0 Å². The van der Waals surface area contributed by atoms with Gasteiger partial charge in [0, 0.05) is 25.8 Å². The number of hydrogen-bond acceptors (Lipinski definition) is 3. The molecule has 0 radical (unpaired) electrons. The smallest absolute Gasteiger partial charge is 0.0612 e. The molecule has 0 saturated carbocycles. The second-order valence-electron chi connectivity index (χ2n) is 5.87. The van der Waals surface area contributed by atoms with Crippen molar-refractivity contribution in [1.82, 2.24) is 5.32 Å². The third kappa shape index (κ3) is 4.23. The fourth-order valence-corrected chi connectivity index (χ4v) is 2.78. The van der Waals surface area contributed by atoms with Gasteiger partial charge in [-0.2, -0.15) is 0 Å². The van der Waals surface area contributed by atoms with Crippen LogP contribution in [-0.4, -0.2) is 38.5 Å². The fourth-order valence-electron chi connectivity index (χ4n) is 2.78. The Morgan fingerprint density at radius 2 is 2.12 bits per heavy atom. The predicted molar refractivity (Wildman–Crippen MR) is 69.1 cm³/mol. The number of hydrogen-bond donors (Lipinski definition) is 1. The zero-order valence-corrected chi connectivity index (χ0v) is 11.3. The van der Waals surface area contributed by atoms with Crippen LogP contribution in [0.2, 0.25) is 0 Å². The molecule has 3 heteroatoms. The molecular weight excluding hydrogens is 214 g/mol. The van der Waals surface area contributed by atoms with E-state index in [1.807, 2.05) is 0 Å².